The average molecular weight is 269 g/mol. The summed E-state index contributed by atoms with van der Waals surface area (Å²) in [6, 6.07) is 7.02. The van der Waals surface area contributed by atoms with Gasteiger partial charge in [-0.2, -0.15) is 0 Å². The van der Waals surface area contributed by atoms with E-state index >= 15 is 0 Å². The Morgan fingerprint density at radius 1 is 1.56 bits per heavy atom. The van der Waals surface area contributed by atoms with E-state index in [2.05, 4.69) is 10.2 Å². The molecule has 0 radical (unpaired) electrons. The largest absolute Gasteiger partial charge is 0.374 e. The maximum Gasteiger partial charge on any atom is 0.252 e. The first kappa shape index (κ1) is 13.3. The molecule has 1 heterocycles. The summed E-state index contributed by atoms with van der Waals surface area (Å²) in [5, 5.41) is 3.32. The summed E-state index contributed by atoms with van der Waals surface area (Å²) in [6.45, 7) is 3.00. The number of likely N-dealkylation sites (N-methyl/N-ethyl adjacent to an activating group) is 1. The fourth-order valence-electron chi connectivity index (χ4n) is 1.94. The Kier molecular flexibility index (Phi) is 4.58. The topological polar surface area (TPSA) is 41.6 Å². The van der Waals surface area contributed by atoms with Gasteiger partial charge in [0, 0.05) is 19.6 Å². The lowest BCUT2D eigenvalue weighted by Crippen LogP contribution is -2.45. The zero-order valence-electron chi connectivity index (χ0n) is 10.4. The Morgan fingerprint density at radius 3 is 3.06 bits per heavy atom. The number of morpholine rings is 1. The molecule has 1 unspecified atom stereocenters. The van der Waals surface area contributed by atoms with E-state index in [0.717, 1.165) is 13.1 Å². The number of hydrogen-bond acceptors (Lipinski definition) is 3. The van der Waals surface area contributed by atoms with Crippen LogP contribution in [0.5, 0.6) is 0 Å². The molecule has 98 valence electrons. The van der Waals surface area contributed by atoms with Crippen molar-refractivity contribution >= 4 is 17.5 Å². The first-order valence-corrected chi connectivity index (χ1v) is 6.37. The van der Waals surface area contributed by atoms with E-state index in [1.165, 1.54) is 0 Å². The minimum atomic E-state index is -0.155. The van der Waals surface area contributed by atoms with Crippen LogP contribution in [0.1, 0.15) is 10.4 Å². The quantitative estimate of drug-likeness (QED) is 0.901. The van der Waals surface area contributed by atoms with Crippen molar-refractivity contribution in [1.29, 1.82) is 0 Å². The monoisotopic (exact) mass is 268 g/mol. The molecular formula is C13H17ClN2O2. The number of carbonyl (C=O) groups excluding carboxylic acids is 1. The van der Waals surface area contributed by atoms with Crippen LogP contribution >= 0.6 is 11.6 Å². The number of benzene rings is 1. The van der Waals surface area contributed by atoms with Gasteiger partial charge >= 0.3 is 0 Å². The van der Waals surface area contributed by atoms with Crippen LogP contribution in [0.3, 0.4) is 0 Å². The number of halogens is 1. The number of nitrogens with one attached hydrogen (secondary N) is 1. The molecular weight excluding hydrogens is 252 g/mol. The number of rotatable bonds is 3. The molecule has 1 atom stereocenters. The minimum absolute atomic E-state index is 0.0511. The van der Waals surface area contributed by atoms with Crippen molar-refractivity contribution in [2.45, 2.75) is 6.10 Å². The number of carbonyl (C=O) groups is 1. The van der Waals surface area contributed by atoms with Gasteiger partial charge in [0.25, 0.3) is 5.91 Å². The van der Waals surface area contributed by atoms with Crippen molar-refractivity contribution in [3.8, 4) is 0 Å². The summed E-state index contributed by atoms with van der Waals surface area (Å²) in [5.74, 6) is -0.155. The van der Waals surface area contributed by atoms with E-state index in [-0.39, 0.29) is 12.0 Å². The molecule has 5 heteroatoms. The number of hydrogen-bond donors (Lipinski definition) is 1. The predicted molar refractivity (Wildman–Crippen MR) is 71.0 cm³/mol. The summed E-state index contributed by atoms with van der Waals surface area (Å²) in [6.07, 6.45) is 0.0511. The molecule has 0 saturated carbocycles. The fraction of sp³-hybridized carbons (Fsp3) is 0.462. The highest BCUT2D eigenvalue weighted by Gasteiger charge is 2.19. The first-order chi connectivity index (χ1) is 8.66. The van der Waals surface area contributed by atoms with Gasteiger partial charge in [-0.25, -0.2) is 0 Å². The second-order valence-electron chi connectivity index (χ2n) is 4.44. The molecule has 2 rings (SSSR count). The lowest BCUT2D eigenvalue weighted by molar-refractivity contribution is -0.0175. The fourth-order valence-corrected chi connectivity index (χ4v) is 2.16. The molecule has 1 aromatic rings. The maximum atomic E-state index is 11.9. The zero-order chi connectivity index (χ0) is 13.0. The Bertz CT molecular complexity index is 425. The van der Waals surface area contributed by atoms with Crippen molar-refractivity contribution in [3.05, 3.63) is 34.9 Å². The summed E-state index contributed by atoms with van der Waals surface area (Å²) < 4.78 is 5.58. The smallest absolute Gasteiger partial charge is 0.252 e. The van der Waals surface area contributed by atoms with E-state index in [9.17, 15) is 4.79 Å². The number of amides is 1. The molecule has 18 heavy (non-hydrogen) atoms. The van der Waals surface area contributed by atoms with Crippen LogP contribution in [0.2, 0.25) is 5.02 Å². The van der Waals surface area contributed by atoms with Crippen LogP contribution in [-0.2, 0) is 4.74 Å². The van der Waals surface area contributed by atoms with Crippen LogP contribution in [0.15, 0.2) is 24.3 Å². The van der Waals surface area contributed by atoms with E-state index in [1.807, 2.05) is 7.05 Å². The second kappa shape index (κ2) is 6.18. The molecule has 0 aliphatic carbocycles. The first-order valence-electron chi connectivity index (χ1n) is 5.99. The molecule has 0 bridgehead atoms. The van der Waals surface area contributed by atoms with Crippen LogP contribution in [0.25, 0.3) is 0 Å². The standard InChI is InChI=1S/C13H17ClN2O2/c1-16-6-7-18-10(9-16)8-15-13(17)11-4-2-3-5-12(11)14/h2-5,10H,6-9H2,1H3,(H,15,17). The van der Waals surface area contributed by atoms with Gasteiger partial charge in [0.1, 0.15) is 0 Å². The van der Waals surface area contributed by atoms with Gasteiger partial charge in [0.2, 0.25) is 0 Å². The van der Waals surface area contributed by atoms with Gasteiger partial charge in [-0.1, -0.05) is 23.7 Å². The molecule has 1 amide bonds. The van der Waals surface area contributed by atoms with E-state index in [4.69, 9.17) is 16.3 Å². The minimum Gasteiger partial charge on any atom is -0.374 e. The zero-order valence-corrected chi connectivity index (χ0v) is 11.1. The summed E-state index contributed by atoms with van der Waals surface area (Å²) in [7, 11) is 2.05. The highest BCUT2D eigenvalue weighted by atomic mass is 35.5. The number of ether oxygens (including phenoxy) is 1. The number of nitrogens with zero attached hydrogens (tertiary/aromatic N) is 1. The van der Waals surface area contributed by atoms with Crippen molar-refractivity contribution < 1.29 is 9.53 Å². The van der Waals surface area contributed by atoms with Crippen molar-refractivity contribution in [3.63, 3.8) is 0 Å². The molecule has 0 spiro atoms. The molecule has 1 N–H and O–H groups in total. The van der Waals surface area contributed by atoms with Crippen molar-refractivity contribution in [2.75, 3.05) is 33.3 Å². The third kappa shape index (κ3) is 3.45. The van der Waals surface area contributed by atoms with Gasteiger partial charge in [-0.15, -0.1) is 0 Å². The van der Waals surface area contributed by atoms with Crippen LogP contribution in [0.4, 0.5) is 0 Å². The Balaban J connectivity index is 1.87. The molecule has 4 nitrogen and oxygen atoms in total. The van der Waals surface area contributed by atoms with Gasteiger partial charge in [-0.05, 0) is 19.2 Å². The molecule has 1 fully saturated rings. The van der Waals surface area contributed by atoms with Gasteiger partial charge < -0.3 is 15.0 Å². The summed E-state index contributed by atoms with van der Waals surface area (Å²) in [5.41, 5.74) is 0.503. The Labute approximate surface area is 112 Å². The maximum absolute atomic E-state index is 11.9. The Morgan fingerprint density at radius 2 is 2.33 bits per heavy atom. The lowest BCUT2D eigenvalue weighted by Gasteiger charge is -2.30. The molecule has 1 saturated heterocycles. The predicted octanol–water partition coefficient (Wildman–Crippen LogP) is 1.40. The summed E-state index contributed by atoms with van der Waals surface area (Å²) in [4.78, 5) is 14.1. The molecule has 0 aromatic heterocycles. The van der Waals surface area contributed by atoms with E-state index < -0.39 is 0 Å². The SMILES string of the molecule is CN1CCOC(CNC(=O)c2ccccc2Cl)C1. The normalized spacial score (nSPS) is 20.7. The van der Waals surface area contributed by atoms with Crippen LogP contribution in [-0.4, -0.2) is 50.2 Å². The average Bonchev–Trinajstić information content (AvgIpc) is 2.37. The highest BCUT2D eigenvalue weighted by Crippen LogP contribution is 2.14. The van der Waals surface area contributed by atoms with Crippen LogP contribution < -0.4 is 5.32 Å². The van der Waals surface area contributed by atoms with Crippen molar-refractivity contribution in [1.82, 2.24) is 10.2 Å². The third-order valence-electron chi connectivity index (χ3n) is 2.95. The van der Waals surface area contributed by atoms with E-state index in [0.29, 0.717) is 23.7 Å². The molecule has 1 aliphatic heterocycles. The summed E-state index contributed by atoms with van der Waals surface area (Å²) >= 11 is 5.96. The molecule has 1 aliphatic rings. The van der Waals surface area contributed by atoms with Crippen molar-refractivity contribution in [2.24, 2.45) is 0 Å². The second-order valence-corrected chi connectivity index (χ2v) is 4.85. The third-order valence-corrected chi connectivity index (χ3v) is 3.28. The van der Waals surface area contributed by atoms with Gasteiger partial charge in [-0.3, -0.25) is 4.79 Å². The van der Waals surface area contributed by atoms with Gasteiger partial charge in [0.05, 0.1) is 23.3 Å². The molecule has 1 aromatic carbocycles. The Hall–Kier alpha value is -1.10. The van der Waals surface area contributed by atoms with Crippen LogP contribution in [0, 0.1) is 0 Å². The lowest BCUT2D eigenvalue weighted by atomic mass is 10.2. The highest BCUT2D eigenvalue weighted by molar-refractivity contribution is 6.33. The van der Waals surface area contributed by atoms with Gasteiger partial charge in [0.15, 0.2) is 0 Å². The van der Waals surface area contributed by atoms with E-state index in [1.54, 1.807) is 24.3 Å².